The molecule has 1 aromatic rings. The van der Waals surface area contributed by atoms with Crippen LogP contribution >= 0.6 is 0 Å². The number of amides is 9. The summed E-state index contributed by atoms with van der Waals surface area (Å²) in [6, 6.07) is -5.88. The van der Waals surface area contributed by atoms with Gasteiger partial charge in [-0.1, -0.05) is 38.8 Å². The van der Waals surface area contributed by atoms with Crippen LogP contribution in [-0.2, 0) is 59.2 Å². The molecule has 0 aromatic heterocycles. The molecule has 0 unspecified atom stereocenters. The van der Waals surface area contributed by atoms with Crippen molar-refractivity contribution >= 4 is 71.1 Å². The second-order valence-electron chi connectivity index (χ2n) is 17.4. The molecule has 0 radical (unpaired) electrons. The van der Waals surface area contributed by atoms with Crippen LogP contribution in [0.5, 0.6) is 5.75 Å². The van der Waals surface area contributed by atoms with Gasteiger partial charge >= 0.3 is 11.9 Å². The number of aliphatic imine (C=N–C) groups is 1. The van der Waals surface area contributed by atoms with E-state index in [-0.39, 0.29) is 43.9 Å². The zero-order chi connectivity index (χ0) is 55.5. The molecule has 0 heterocycles. The minimum Gasteiger partial charge on any atom is -0.508 e. The van der Waals surface area contributed by atoms with E-state index >= 15 is 0 Å². The molecular weight excluding hydrogens is 961 g/mol. The third-order valence-electron chi connectivity index (χ3n) is 11.5. The van der Waals surface area contributed by atoms with Crippen LogP contribution in [0, 0.1) is 5.92 Å². The van der Waals surface area contributed by atoms with Gasteiger partial charge in [0.1, 0.15) is 48.0 Å². The molecule has 0 aliphatic rings. The first kappa shape index (κ1) is 63.4. The molecule has 9 amide bonds. The Kier molecular flexibility index (Phi) is 28.1. The first-order chi connectivity index (χ1) is 34.2. The summed E-state index contributed by atoms with van der Waals surface area (Å²) in [6.45, 7) is 5.56. The number of phenolic OH excluding ortho intramolecular Hbond substituents is 1. The van der Waals surface area contributed by atoms with Crippen LogP contribution in [0.2, 0.25) is 0 Å². The van der Waals surface area contributed by atoms with E-state index in [1.54, 1.807) is 13.8 Å². The Balaban J connectivity index is 3.48. The Bertz CT molecular complexity index is 2110. The number of hydrogen-bond acceptors (Lipinski definition) is 15. The largest absolute Gasteiger partial charge is 0.508 e. The van der Waals surface area contributed by atoms with Gasteiger partial charge in [0, 0.05) is 26.4 Å². The highest BCUT2D eigenvalue weighted by atomic mass is 16.4. The quantitative estimate of drug-likeness (QED) is 0.0175. The standard InChI is InChI=1S/C45H74N14O14/c1-6-23(2)36(42(70)53-24(3)44(72)73)58-40(68)29(11-9-19-51-45(49)50)56-39(67)30(16-17-35(63)64)55-37(65)25(4)59(5)43(71)32(20-26-12-14-27(60)15-13-26)57-41(69)31(21-33(48)61)54-34(62)22-52-38(66)28(47)10-7-8-18-46/h12-15,23-25,28-32,36,60H,6-11,16-22,46-47H2,1-5H3,(H2,48,61)(H,52,66)(H,53,70)(H,54,62)(H,55,65)(H,56,67)(H,57,69)(H,58,68)(H,63,64)(H,72,73)(H4,49,50,51)/t23-,24-,25-,28-,29-,30-,31-,32-,36-/m0/s1. The molecule has 73 heavy (non-hydrogen) atoms. The number of guanidine groups is 1. The zero-order valence-electron chi connectivity index (χ0n) is 41.8. The lowest BCUT2D eigenvalue weighted by atomic mass is 9.97. The summed E-state index contributed by atoms with van der Waals surface area (Å²) in [7, 11) is 1.18. The molecule has 1 aromatic carbocycles. The Labute approximate surface area is 422 Å². The second kappa shape index (κ2) is 32.4. The molecule has 0 saturated carbocycles. The number of benzene rings is 1. The van der Waals surface area contributed by atoms with Gasteiger partial charge < -0.3 is 86.1 Å². The van der Waals surface area contributed by atoms with Crippen molar-refractivity contribution in [3.05, 3.63) is 29.8 Å². The van der Waals surface area contributed by atoms with Crippen molar-refractivity contribution in [2.45, 2.75) is 140 Å². The van der Waals surface area contributed by atoms with E-state index in [0.29, 0.717) is 31.4 Å². The monoisotopic (exact) mass is 1030 g/mol. The van der Waals surface area contributed by atoms with Crippen molar-refractivity contribution in [3.63, 3.8) is 0 Å². The third kappa shape index (κ3) is 23.9. The van der Waals surface area contributed by atoms with Crippen LogP contribution in [0.1, 0.15) is 91.0 Å². The van der Waals surface area contributed by atoms with Gasteiger partial charge in [0.2, 0.25) is 53.2 Å². The maximum Gasteiger partial charge on any atom is 0.325 e. The number of nitrogens with two attached hydrogens (primary N) is 5. The fourth-order valence-electron chi connectivity index (χ4n) is 6.74. The normalized spacial score (nSPS) is 14.6. The predicted molar refractivity (Wildman–Crippen MR) is 263 cm³/mol. The highest BCUT2D eigenvalue weighted by Gasteiger charge is 2.36. The molecular formula is C45H74N14O14. The SMILES string of the molecule is CC[C@H](C)[C@H](NC(=O)[C@H](CCCN=C(N)N)NC(=O)[C@H](CCC(=O)O)NC(=O)[C@H](C)N(C)C(=O)[C@H](Cc1ccc(O)cc1)NC(=O)[C@H](CC(N)=O)NC(=O)CNC(=O)[C@@H](N)CCCCN)C(=O)N[C@@H](C)C(=O)O. The number of aromatic hydroxyl groups is 1. The van der Waals surface area contributed by atoms with Gasteiger partial charge in [-0.2, -0.15) is 0 Å². The molecule has 0 aliphatic carbocycles. The van der Waals surface area contributed by atoms with Gasteiger partial charge in [-0.25, -0.2) is 0 Å². The molecule has 408 valence electrons. The van der Waals surface area contributed by atoms with Crippen LogP contribution in [0.25, 0.3) is 0 Å². The first-order valence-corrected chi connectivity index (χ1v) is 23.6. The van der Waals surface area contributed by atoms with Crippen molar-refractivity contribution in [2.75, 3.05) is 26.7 Å². The molecule has 20 N–H and O–H groups in total. The summed E-state index contributed by atoms with van der Waals surface area (Å²) in [4.78, 5) is 148. The first-order valence-electron chi connectivity index (χ1n) is 23.6. The summed E-state index contributed by atoms with van der Waals surface area (Å²) in [6.07, 6.45) is -0.472. The number of unbranched alkanes of at least 4 members (excludes halogenated alkanes) is 1. The van der Waals surface area contributed by atoms with Crippen LogP contribution in [0.4, 0.5) is 0 Å². The summed E-state index contributed by atoms with van der Waals surface area (Å²) in [5.41, 5.74) is 28.0. The lowest BCUT2D eigenvalue weighted by Gasteiger charge is -2.31. The molecule has 28 heteroatoms. The Hall–Kier alpha value is -7.62. The number of aliphatic carboxylic acids is 2. The van der Waals surface area contributed by atoms with Crippen molar-refractivity contribution in [1.82, 2.24) is 42.1 Å². The maximum absolute atomic E-state index is 14.3. The number of carbonyl (C=O) groups is 11. The average molecular weight is 1040 g/mol. The molecule has 9 atom stereocenters. The number of carboxylic acid groups (broad SMARTS) is 2. The van der Waals surface area contributed by atoms with Gasteiger partial charge in [0.25, 0.3) is 0 Å². The fraction of sp³-hybridized carbons (Fsp3) is 0.600. The number of hydrogen-bond donors (Lipinski definition) is 15. The van der Waals surface area contributed by atoms with Crippen LogP contribution in [0.15, 0.2) is 29.3 Å². The van der Waals surface area contributed by atoms with E-state index in [1.165, 1.54) is 45.2 Å². The topological polar surface area (TPSA) is 478 Å². The number of phenols is 1. The molecule has 0 spiro atoms. The number of nitrogens with one attached hydrogen (secondary N) is 7. The van der Waals surface area contributed by atoms with E-state index in [1.807, 2.05) is 0 Å². The van der Waals surface area contributed by atoms with Crippen LogP contribution in [0.3, 0.4) is 0 Å². The van der Waals surface area contributed by atoms with Crippen LogP contribution in [-0.4, -0.2) is 166 Å². The van der Waals surface area contributed by atoms with Gasteiger partial charge in [-0.05, 0) is 76.1 Å². The lowest BCUT2D eigenvalue weighted by Crippen LogP contribution is -2.60. The number of primary amides is 1. The molecule has 1 rings (SSSR count). The van der Waals surface area contributed by atoms with E-state index in [4.69, 9.17) is 28.7 Å². The molecule has 0 bridgehead atoms. The van der Waals surface area contributed by atoms with Crippen molar-refractivity contribution in [2.24, 2.45) is 39.6 Å². The molecule has 0 aliphatic heterocycles. The van der Waals surface area contributed by atoms with Crippen molar-refractivity contribution in [1.29, 1.82) is 0 Å². The van der Waals surface area contributed by atoms with Gasteiger partial charge in [-0.3, -0.25) is 57.7 Å². The number of likely N-dealkylation sites (N-methyl/N-ethyl adjacent to an activating group) is 1. The summed E-state index contributed by atoms with van der Waals surface area (Å²) in [5.74, 6) is -12.0. The molecule has 0 fully saturated rings. The van der Waals surface area contributed by atoms with E-state index in [2.05, 4.69) is 42.2 Å². The van der Waals surface area contributed by atoms with Gasteiger partial charge in [0.15, 0.2) is 5.96 Å². The number of carboxylic acids is 2. The minimum atomic E-state index is -1.68. The predicted octanol–water partition coefficient (Wildman–Crippen LogP) is -4.79. The Morgan fingerprint density at radius 3 is 1.82 bits per heavy atom. The van der Waals surface area contributed by atoms with E-state index in [9.17, 15) is 68.1 Å². The lowest BCUT2D eigenvalue weighted by molar-refractivity contribution is -0.143. The second-order valence-corrected chi connectivity index (χ2v) is 17.4. The maximum atomic E-state index is 14.3. The number of rotatable bonds is 34. The van der Waals surface area contributed by atoms with Gasteiger partial charge in [0.05, 0.1) is 19.0 Å². The Morgan fingerprint density at radius 1 is 0.685 bits per heavy atom. The Morgan fingerprint density at radius 2 is 1.26 bits per heavy atom. The molecule has 0 saturated heterocycles. The smallest absolute Gasteiger partial charge is 0.325 e. The summed E-state index contributed by atoms with van der Waals surface area (Å²) < 4.78 is 0. The zero-order valence-corrected chi connectivity index (χ0v) is 41.8. The van der Waals surface area contributed by atoms with Crippen molar-refractivity contribution < 1.29 is 68.1 Å². The average Bonchev–Trinajstić information content (AvgIpc) is 3.33. The van der Waals surface area contributed by atoms with E-state index < -0.39 is 145 Å². The highest BCUT2D eigenvalue weighted by molar-refractivity contribution is 5.98. The minimum absolute atomic E-state index is 0.00908. The van der Waals surface area contributed by atoms with Crippen molar-refractivity contribution in [3.8, 4) is 5.75 Å². The third-order valence-corrected chi connectivity index (χ3v) is 11.5. The highest BCUT2D eigenvalue weighted by Crippen LogP contribution is 2.15. The summed E-state index contributed by atoms with van der Waals surface area (Å²) in [5, 5.41) is 45.6. The van der Waals surface area contributed by atoms with Gasteiger partial charge in [-0.15, -0.1) is 0 Å². The number of carbonyl (C=O) groups excluding carboxylic acids is 9. The molecule has 28 nitrogen and oxygen atoms in total. The number of nitrogens with zero attached hydrogens (tertiary/aromatic N) is 2. The van der Waals surface area contributed by atoms with E-state index in [0.717, 1.165) is 4.90 Å². The van der Waals surface area contributed by atoms with Crippen LogP contribution < -0.4 is 65.9 Å². The fourth-order valence-corrected chi connectivity index (χ4v) is 6.74. The summed E-state index contributed by atoms with van der Waals surface area (Å²) >= 11 is 0.